The van der Waals surface area contributed by atoms with Crippen LogP contribution in [0.1, 0.15) is 22.3 Å². The van der Waals surface area contributed by atoms with Crippen molar-refractivity contribution in [1.82, 2.24) is 0 Å². The summed E-state index contributed by atoms with van der Waals surface area (Å²) in [6.45, 7) is 1.11. The Morgan fingerprint density at radius 1 is 0.679 bits per heavy atom. The van der Waals surface area contributed by atoms with Crippen LogP contribution in [0.2, 0.25) is 0 Å². The third-order valence-electron chi connectivity index (χ3n) is 4.15. The molecule has 0 heterocycles. The molecule has 0 spiro atoms. The molecular weight excluding hydrogens is 352 g/mol. The zero-order valence-electron chi connectivity index (χ0n) is 15.8. The average molecular weight is 376 g/mol. The molecule has 3 aromatic carbocycles. The van der Waals surface area contributed by atoms with Crippen LogP contribution in [-0.2, 0) is 11.2 Å². The fraction of sp³-hybridized carbons (Fsp3) is 0.208. The highest BCUT2D eigenvalue weighted by Gasteiger charge is 2.13. The van der Waals surface area contributed by atoms with E-state index in [-0.39, 0.29) is 5.97 Å². The monoisotopic (exact) mass is 376 g/mol. The molecule has 0 radical (unpaired) electrons. The number of aryl methyl sites for hydroxylation is 1. The van der Waals surface area contributed by atoms with Crippen molar-refractivity contribution < 1.29 is 19.0 Å². The first-order valence-corrected chi connectivity index (χ1v) is 9.43. The smallest absolute Gasteiger partial charge is 0.341 e. The Kier molecular flexibility index (Phi) is 7.50. The maximum absolute atomic E-state index is 12.4. The summed E-state index contributed by atoms with van der Waals surface area (Å²) >= 11 is 0. The number of esters is 1. The number of carbonyl (C=O) groups excluding carboxylic acids is 1. The van der Waals surface area contributed by atoms with Crippen molar-refractivity contribution in [3.63, 3.8) is 0 Å². The first-order chi connectivity index (χ1) is 13.8. The van der Waals surface area contributed by atoms with E-state index in [1.54, 1.807) is 18.2 Å². The van der Waals surface area contributed by atoms with Crippen LogP contribution < -0.4 is 9.47 Å². The van der Waals surface area contributed by atoms with E-state index in [4.69, 9.17) is 14.2 Å². The highest BCUT2D eigenvalue weighted by Crippen LogP contribution is 2.19. The molecule has 0 aliphatic rings. The van der Waals surface area contributed by atoms with Gasteiger partial charge in [-0.3, -0.25) is 0 Å². The Balaban J connectivity index is 1.43. The third kappa shape index (κ3) is 6.16. The molecule has 0 bridgehead atoms. The highest BCUT2D eigenvalue weighted by molar-refractivity contribution is 5.92. The van der Waals surface area contributed by atoms with Gasteiger partial charge in [-0.1, -0.05) is 60.7 Å². The van der Waals surface area contributed by atoms with E-state index in [2.05, 4.69) is 12.1 Å². The molecule has 3 rings (SSSR count). The van der Waals surface area contributed by atoms with Crippen LogP contribution in [0.4, 0.5) is 0 Å². The molecule has 4 heteroatoms. The number of ether oxygens (including phenoxy) is 3. The standard InChI is InChI=1S/C24H24O4/c25-24(28-17-9-12-20-10-3-1-4-11-20)22-15-7-8-16-23(22)27-19-18-26-21-13-5-2-6-14-21/h1-8,10-11,13-16H,9,12,17-19H2. The fourth-order valence-electron chi connectivity index (χ4n) is 2.75. The summed E-state index contributed by atoms with van der Waals surface area (Å²) in [6, 6.07) is 26.8. The van der Waals surface area contributed by atoms with E-state index >= 15 is 0 Å². The number of benzene rings is 3. The van der Waals surface area contributed by atoms with Gasteiger partial charge in [-0.25, -0.2) is 4.79 Å². The van der Waals surface area contributed by atoms with Crippen molar-refractivity contribution in [3.05, 3.63) is 96.1 Å². The van der Waals surface area contributed by atoms with E-state index < -0.39 is 0 Å². The topological polar surface area (TPSA) is 44.8 Å². The zero-order valence-corrected chi connectivity index (χ0v) is 15.8. The molecule has 0 aliphatic carbocycles. The van der Waals surface area contributed by atoms with E-state index in [1.165, 1.54) is 5.56 Å². The molecule has 0 saturated heterocycles. The van der Waals surface area contributed by atoms with E-state index in [1.807, 2.05) is 54.6 Å². The zero-order chi connectivity index (χ0) is 19.4. The molecule has 4 nitrogen and oxygen atoms in total. The van der Waals surface area contributed by atoms with Crippen LogP contribution in [-0.4, -0.2) is 25.8 Å². The minimum Gasteiger partial charge on any atom is -0.490 e. The van der Waals surface area contributed by atoms with Crippen molar-refractivity contribution in [1.29, 1.82) is 0 Å². The number of hydrogen-bond acceptors (Lipinski definition) is 4. The van der Waals surface area contributed by atoms with Crippen molar-refractivity contribution in [2.75, 3.05) is 19.8 Å². The third-order valence-corrected chi connectivity index (χ3v) is 4.15. The summed E-state index contributed by atoms with van der Waals surface area (Å²) in [6.07, 6.45) is 1.66. The molecule has 0 saturated carbocycles. The number of rotatable bonds is 10. The quantitative estimate of drug-likeness (QED) is 0.372. The second kappa shape index (κ2) is 10.8. The van der Waals surface area contributed by atoms with Gasteiger partial charge in [0.2, 0.25) is 0 Å². The Labute approximate surface area is 165 Å². The van der Waals surface area contributed by atoms with Gasteiger partial charge in [-0.15, -0.1) is 0 Å². The summed E-state index contributed by atoms with van der Waals surface area (Å²) in [7, 11) is 0. The minimum atomic E-state index is -0.368. The lowest BCUT2D eigenvalue weighted by molar-refractivity contribution is 0.0495. The van der Waals surface area contributed by atoms with E-state index in [0.717, 1.165) is 18.6 Å². The van der Waals surface area contributed by atoms with Crippen LogP contribution >= 0.6 is 0 Å². The Morgan fingerprint density at radius 2 is 1.32 bits per heavy atom. The molecule has 0 amide bonds. The molecule has 0 aliphatic heterocycles. The van der Waals surface area contributed by atoms with Gasteiger partial charge in [-0.05, 0) is 42.7 Å². The highest BCUT2D eigenvalue weighted by atomic mass is 16.5. The molecule has 0 fully saturated rings. The molecule has 3 aromatic rings. The maximum atomic E-state index is 12.4. The van der Waals surface area contributed by atoms with Crippen LogP contribution in [0, 0.1) is 0 Å². The summed E-state index contributed by atoms with van der Waals surface area (Å²) in [5, 5.41) is 0. The van der Waals surface area contributed by atoms with Crippen LogP contribution in [0.15, 0.2) is 84.9 Å². The maximum Gasteiger partial charge on any atom is 0.341 e. The molecule has 0 unspecified atom stereocenters. The average Bonchev–Trinajstić information content (AvgIpc) is 2.76. The number of para-hydroxylation sites is 2. The van der Waals surface area contributed by atoms with Gasteiger partial charge in [0, 0.05) is 0 Å². The van der Waals surface area contributed by atoms with Gasteiger partial charge >= 0.3 is 5.97 Å². The molecule has 28 heavy (non-hydrogen) atoms. The van der Waals surface area contributed by atoms with Crippen LogP contribution in [0.25, 0.3) is 0 Å². The number of carbonyl (C=O) groups is 1. The molecular formula is C24H24O4. The lowest BCUT2D eigenvalue weighted by atomic mass is 10.1. The summed E-state index contributed by atoms with van der Waals surface area (Å²) in [4.78, 5) is 12.4. The SMILES string of the molecule is O=C(OCCCc1ccccc1)c1ccccc1OCCOc1ccccc1. The summed E-state index contributed by atoms with van der Waals surface area (Å²) < 4.78 is 16.8. The minimum absolute atomic E-state index is 0.340. The second-order valence-electron chi connectivity index (χ2n) is 6.23. The Hall–Kier alpha value is -3.27. The van der Waals surface area contributed by atoms with Crippen molar-refractivity contribution in [2.24, 2.45) is 0 Å². The van der Waals surface area contributed by atoms with Gasteiger partial charge in [0.15, 0.2) is 0 Å². The largest absolute Gasteiger partial charge is 0.490 e. The Morgan fingerprint density at radius 3 is 2.11 bits per heavy atom. The predicted molar refractivity (Wildman–Crippen MR) is 109 cm³/mol. The van der Waals surface area contributed by atoms with Crippen LogP contribution in [0.3, 0.4) is 0 Å². The van der Waals surface area contributed by atoms with Crippen molar-refractivity contribution in [2.45, 2.75) is 12.8 Å². The molecule has 144 valence electrons. The van der Waals surface area contributed by atoms with E-state index in [0.29, 0.717) is 31.1 Å². The lowest BCUT2D eigenvalue weighted by Gasteiger charge is -2.12. The first kappa shape index (κ1) is 19.5. The molecule has 0 N–H and O–H groups in total. The van der Waals surface area contributed by atoms with Gasteiger partial charge in [0.05, 0.1) is 6.61 Å². The van der Waals surface area contributed by atoms with E-state index in [9.17, 15) is 4.79 Å². The molecule has 0 atom stereocenters. The number of hydrogen-bond donors (Lipinski definition) is 0. The van der Waals surface area contributed by atoms with Gasteiger partial charge < -0.3 is 14.2 Å². The fourth-order valence-corrected chi connectivity index (χ4v) is 2.75. The summed E-state index contributed by atoms with van der Waals surface area (Å²) in [5.74, 6) is 0.928. The first-order valence-electron chi connectivity index (χ1n) is 9.43. The lowest BCUT2D eigenvalue weighted by Crippen LogP contribution is -2.13. The van der Waals surface area contributed by atoms with Crippen molar-refractivity contribution in [3.8, 4) is 11.5 Å². The Bertz CT molecular complexity index is 847. The van der Waals surface area contributed by atoms with Crippen LogP contribution in [0.5, 0.6) is 11.5 Å². The van der Waals surface area contributed by atoms with Gasteiger partial charge in [0.25, 0.3) is 0 Å². The second-order valence-corrected chi connectivity index (χ2v) is 6.23. The van der Waals surface area contributed by atoms with Gasteiger partial charge in [-0.2, -0.15) is 0 Å². The predicted octanol–water partition coefficient (Wildman–Crippen LogP) is 4.93. The van der Waals surface area contributed by atoms with Crippen molar-refractivity contribution >= 4 is 5.97 Å². The molecule has 0 aromatic heterocycles. The summed E-state index contributed by atoms with van der Waals surface area (Å²) in [5.41, 5.74) is 1.67. The normalized spacial score (nSPS) is 10.3. The van der Waals surface area contributed by atoms with Gasteiger partial charge in [0.1, 0.15) is 30.3 Å².